The molecule has 0 aromatic carbocycles. The Labute approximate surface area is 181 Å². The third kappa shape index (κ3) is 4.48. The van der Waals surface area contributed by atoms with E-state index < -0.39 is 0 Å². The predicted octanol–water partition coefficient (Wildman–Crippen LogP) is 3.14. The number of aryl methyl sites for hydroxylation is 1. The van der Waals surface area contributed by atoms with Gasteiger partial charge in [-0.1, -0.05) is 0 Å². The van der Waals surface area contributed by atoms with Crippen molar-refractivity contribution in [2.24, 2.45) is 5.92 Å². The fourth-order valence-electron chi connectivity index (χ4n) is 5.53. The number of rotatable bonds is 5. The van der Waals surface area contributed by atoms with Crippen molar-refractivity contribution in [2.45, 2.75) is 70.6 Å². The highest BCUT2D eigenvalue weighted by molar-refractivity contribution is 5.78. The van der Waals surface area contributed by atoms with E-state index in [-0.39, 0.29) is 0 Å². The summed E-state index contributed by atoms with van der Waals surface area (Å²) in [7, 11) is 0. The molecule has 3 aliphatic heterocycles. The van der Waals surface area contributed by atoms with E-state index in [0.29, 0.717) is 18.4 Å². The van der Waals surface area contributed by atoms with Crippen molar-refractivity contribution in [3.63, 3.8) is 0 Å². The van der Waals surface area contributed by atoms with Crippen LogP contribution in [0.2, 0.25) is 0 Å². The fraction of sp³-hybridized carbons (Fsp3) is 0.792. The maximum Gasteiger partial charge on any atom is 0.236 e. The van der Waals surface area contributed by atoms with E-state index in [0.717, 1.165) is 76.6 Å². The molecule has 164 valence electrons. The summed E-state index contributed by atoms with van der Waals surface area (Å²) in [5.74, 6) is 3.77. The Morgan fingerprint density at radius 3 is 2.60 bits per heavy atom. The van der Waals surface area contributed by atoms with Gasteiger partial charge in [0.25, 0.3) is 0 Å². The number of anilines is 1. The molecule has 5 rings (SSSR count). The number of carbonyl (C=O) groups excluding carboxylic acids is 1. The summed E-state index contributed by atoms with van der Waals surface area (Å²) in [6.07, 6.45) is 10.9. The van der Waals surface area contributed by atoms with Crippen LogP contribution in [0.25, 0.3) is 0 Å². The second-order valence-electron chi connectivity index (χ2n) is 9.98. The summed E-state index contributed by atoms with van der Waals surface area (Å²) in [5.41, 5.74) is 2.55. The molecule has 1 aromatic heterocycles. The van der Waals surface area contributed by atoms with E-state index in [2.05, 4.69) is 21.6 Å². The molecule has 4 aliphatic rings. The number of carbonyl (C=O) groups is 1. The molecule has 30 heavy (non-hydrogen) atoms. The second-order valence-corrected chi connectivity index (χ2v) is 9.98. The van der Waals surface area contributed by atoms with Crippen molar-refractivity contribution in [1.29, 1.82) is 0 Å². The zero-order valence-corrected chi connectivity index (χ0v) is 18.6. The van der Waals surface area contributed by atoms with Gasteiger partial charge in [0, 0.05) is 49.9 Å². The van der Waals surface area contributed by atoms with Crippen LogP contribution >= 0.6 is 0 Å². The van der Waals surface area contributed by atoms with Gasteiger partial charge in [0.05, 0.1) is 6.54 Å². The molecule has 0 bridgehead atoms. The molecule has 0 spiro atoms. The van der Waals surface area contributed by atoms with Crippen LogP contribution in [-0.2, 0) is 11.2 Å². The molecule has 0 unspecified atom stereocenters. The summed E-state index contributed by atoms with van der Waals surface area (Å²) in [4.78, 5) is 29.9. The topological polar surface area (TPSA) is 52.6 Å². The standard InChI is InChI=1S/C24H37N5O/c1-18-21-8-6-14-29(15-19-9-10-19)24(21)26-23(25-18)20-7-5-11-27(16-20)17-22(30)28-12-3-2-4-13-28/h19-20H,2-17H2,1H3/t20-/m0/s1. The van der Waals surface area contributed by atoms with E-state index in [1.165, 1.54) is 49.3 Å². The first-order valence-electron chi connectivity index (χ1n) is 12.3. The highest BCUT2D eigenvalue weighted by Gasteiger charge is 2.31. The third-order valence-corrected chi connectivity index (χ3v) is 7.48. The minimum atomic E-state index is 0.313. The van der Waals surface area contributed by atoms with E-state index in [9.17, 15) is 4.79 Å². The summed E-state index contributed by atoms with van der Waals surface area (Å²) in [6, 6.07) is 0. The molecule has 2 saturated heterocycles. The SMILES string of the molecule is Cc1nc([C@H]2CCCN(CC(=O)N3CCCCC3)C2)nc2c1CCCN2CC1CC1. The van der Waals surface area contributed by atoms with Crippen LogP contribution in [0.15, 0.2) is 0 Å². The Balaban J connectivity index is 1.28. The first kappa shape index (κ1) is 20.2. The van der Waals surface area contributed by atoms with Gasteiger partial charge in [-0.25, -0.2) is 9.97 Å². The normalized spacial score (nSPS) is 25.3. The van der Waals surface area contributed by atoms with Gasteiger partial charge >= 0.3 is 0 Å². The molecule has 3 fully saturated rings. The van der Waals surface area contributed by atoms with Crippen LogP contribution in [-0.4, -0.2) is 71.5 Å². The number of piperidine rings is 2. The van der Waals surface area contributed by atoms with Gasteiger partial charge in [-0.15, -0.1) is 0 Å². The Kier molecular flexibility index (Phi) is 5.94. The quantitative estimate of drug-likeness (QED) is 0.745. The first-order chi connectivity index (χ1) is 14.7. The van der Waals surface area contributed by atoms with Gasteiger partial charge < -0.3 is 9.80 Å². The molecule has 4 heterocycles. The van der Waals surface area contributed by atoms with Crippen LogP contribution < -0.4 is 4.90 Å². The van der Waals surface area contributed by atoms with Gasteiger partial charge in [-0.05, 0) is 77.2 Å². The lowest BCUT2D eigenvalue weighted by atomic mass is 9.96. The molecule has 6 heteroatoms. The average Bonchev–Trinajstić information content (AvgIpc) is 3.59. The van der Waals surface area contributed by atoms with Crippen molar-refractivity contribution < 1.29 is 4.79 Å². The van der Waals surface area contributed by atoms with Crippen LogP contribution in [0.4, 0.5) is 5.82 Å². The monoisotopic (exact) mass is 411 g/mol. The Hall–Kier alpha value is -1.69. The minimum Gasteiger partial charge on any atom is -0.356 e. The lowest BCUT2D eigenvalue weighted by Crippen LogP contribution is -2.45. The zero-order valence-electron chi connectivity index (χ0n) is 18.6. The number of fused-ring (bicyclic) bond motifs is 1. The van der Waals surface area contributed by atoms with Crippen molar-refractivity contribution >= 4 is 11.7 Å². The van der Waals surface area contributed by atoms with Crippen molar-refractivity contribution in [3.8, 4) is 0 Å². The van der Waals surface area contributed by atoms with Crippen LogP contribution in [0.5, 0.6) is 0 Å². The first-order valence-corrected chi connectivity index (χ1v) is 12.3. The number of hydrogen-bond acceptors (Lipinski definition) is 5. The summed E-state index contributed by atoms with van der Waals surface area (Å²) >= 11 is 0. The molecule has 1 amide bonds. The van der Waals surface area contributed by atoms with Crippen molar-refractivity contribution in [3.05, 3.63) is 17.1 Å². The molecule has 1 aromatic rings. The van der Waals surface area contributed by atoms with E-state index in [1.54, 1.807) is 0 Å². The summed E-state index contributed by atoms with van der Waals surface area (Å²) < 4.78 is 0. The number of hydrogen-bond donors (Lipinski definition) is 0. The van der Waals surface area contributed by atoms with E-state index in [4.69, 9.17) is 9.97 Å². The van der Waals surface area contributed by atoms with E-state index in [1.807, 2.05) is 0 Å². The maximum atomic E-state index is 12.8. The molecule has 1 saturated carbocycles. The molecular formula is C24H37N5O. The molecular weight excluding hydrogens is 374 g/mol. The summed E-state index contributed by atoms with van der Waals surface area (Å²) in [5, 5.41) is 0. The Morgan fingerprint density at radius 2 is 1.80 bits per heavy atom. The Bertz CT molecular complexity index is 771. The zero-order chi connectivity index (χ0) is 20.5. The van der Waals surface area contributed by atoms with Gasteiger partial charge in [0.15, 0.2) is 0 Å². The maximum absolute atomic E-state index is 12.8. The molecule has 1 aliphatic carbocycles. The number of nitrogens with zero attached hydrogens (tertiary/aromatic N) is 5. The fourth-order valence-corrected chi connectivity index (χ4v) is 5.53. The molecule has 0 N–H and O–H groups in total. The van der Waals surface area contributed by atoms with Crippen molar-refractivity contribution in [1.82, 2.24) is 19.8 Å². The number of amides is 1. The predicted molar refractivity (Wildman–Crippen MR) is 119 cm³/mol. The average molecular weight is 412 g/mol. The molecule has 1 atom stereocenters. The highest BCUT2D eigenvalue weighted by atomic mass is 16.2. The lowest BCUT2D eigenvalue weighted by molar-refractivity contribution is -0.133. The van der Waals surface area contributed by atoms with Gasteiger partial charge in [-0.2, -0.15) is 0 Å². The second kappa shape index (κ2) is 8.81. The Morgan fingerprint density at radius 1 is 0.967 bits per heavy atom. The number of likely N-dealkylation sites (tertiary alicyclic amines) is 2. The summed E-state index contributed by atoms with van der Waals surface area (Å²) in [6.45, 7) is 8.87. The smallest absolute Gasteiger partial charge is 0.236 e. The largest absolute Gasteiger partial charge is 0.356 e. The van der Waals surface area contributed by atoms with Gasteiger partial charge in [-0.3, -0.25) is 9.69 Å². The van der Waals surface area contributed by atoms with Crippen LogP contribution in [0.3, 0.4) is 0 Å². The lowest BCUT2D eigenvalue weighted by Gasteiger charge is -2.35. The van der Waals surface area contributed by atoms with Gasteiger partial charge in [0.1, 0.15) is 11.6 Å². The highest BCUT2D eigenvalue weighted by Crippen LogP contribution is 2.36. The number of aromatic nitrogens is 2. The minimum absolute atomic E-state index is 0.313. The third-order valence-electron chi connectivity index (χ3n) is 7.48. The van der Waals surface area contributed by atoms with Crippen molar-refractivity contribution in [2.75, 3.05) is 50.7 Å². The van der Waals surface area contributed by atoms with E-state index >= 15 is 0 Å². The molecule has 0 radical (unpaired) electrons. The van der Waals surface area contributed by atoms with Crippen LogP contribution in [0.1, 0.15) is 74.4 Å². The van der Waals surface area contributed by atoms with Crippen LogP contribution in [0, 0.1) is 12.8 Å². The molecule has 6 nitrogen and oxygen atoms in total. The van der Waals surface area contributed by atoms with Gasteiger partial charge in [0.2, 0.25) is 5.91 Å².